The van der Waals surface area contributed by atoms with Crippen molar-refractivity contribution in [3.8, 4) is 0 Å². The second-order valence-corrected chi connectivity index (χ2v) is 11.0. The van der Waals surface area contributed by atoms with E-state index in [2.05, 4.69) is 13.8 Å². The smallest absolute Gasteiger partial charge is 0.309 e. The molecule has 0 bridgehead atoms. The number of ketones is 1. The molecular formula is C24H30O6. The van der Waals surface area contributed by atoms with Gasteiger partial charge in [-0.3, -0.25) is 14.4 Å². The fraction of sp³-hybridized carbons (Fsp3) is 0.792. The van der Waals surface area contributed by atoms with E-state index in [9.17, 15) is 14.4 Å². The molecule has 2 saturated heterocycles. The molecule has 2 aliphatic heterocycles. The molecule has 0 aromatic carbocycles. The van der Waals surface area contributed by atoms with Crippen LogP contribution in [0.2, 0.25) is 0 Å². The van der Waals surface area contributed by atoms with E-state index < -0.39 is 11.2 Å². The molecular weight excluding hydrogens is 384 g/mol. The van der Waals surface area contributed by atoms with E-state index in [4.69, 9.17) is 14.2 Å². The fourth-order valence-corrected chi connectivity index (χ4v) is 8.69. The van der Waals surface area contributed by atoms with Crippen LogP contribution in [0.15, 0.2) is 11.6 Å². The standard InChI is InChI=1S/C24H30O6/c1-21-7-4-14(25)10-13(21)11-15(20(27)28-3)19-16-5-8-23(9-6-18(26)30-23)22(16,2)12-17-24(19,21)29-17/h10,15-17,19H,4-9,11-12H2,1-3H3/t15-,16+,17-,19-,21+,22+,23-,24-/m1/s1. The zero-order valence-corrected chi connectivity index (χ0v) is 18.0. The molecule has 0 N–H and O–H groups in total. The summed E-state index contributed by atoms with van der Waals surface area (Å²) in [6.07, 6.45) is 7.61. The average Bonchev–Trinajstić information content (AvgIpc) is 3.20. The summed E-state index contributed by atoms with van der Waals surface area (Å²) in [6, 6.07) is 0. The van der Waals surface area contributed by atoms with Crippen LogP contribution in [0.25, 0.3) is 0 Å². The predicted molar refractivity (Wildman–Crippen MR) is 105 cm³/mol. The van der Waals surface area contributed by atoms with Crippen molar-refractivity contribution >= 4 is 17.7 Å². The third kappa shape index (κ3) is 1.94. The Labute approximate surface area is 176 Å². The van der Waals surface area contributed by atoms with E-state index in [-0.39, 0.29) is 52.4 Å². The Morgan fingerprint density at radius 3 is 2.67 bits per heavy atom. The van der Waals surface area contributed by atoms with E-state index in [0.29, 0.717) is 19.3 Å². The van der Waals surface area contributed by atoms with E-state index in [1.807, 2.05) is 0 Å². The molecule has 3 saturated carbocycles. The molecule has 30 heavy (non-hydrogen) atoms. The van der Waals surface area contributed by atoms with Crippen molar-refractivity contribution in [3.05, 3.63) is 11.6 Å². The van der Waals surface area contributed by atoms with Gasteiger partial charge in [0.25, 0.3) is 0 Å². The van der Waals surface area contributed by atoms with Crippen molar-refractivity contribution in [3.63, 3.8) is 0 Å². The Bertz CT molecular complexity index is 907. The highest BCUT2D eigenvalue weighted by Crippen LogP contribution is 2.78. The first-order chi connectivity index (χ1) is 14.2. The maximum atomic E-state index is 13.0. The molecule has 0 amide bonds. The van der Waals surface area contributed by atoms with E-state index in [1.165, 1.54) is 7.11 Å². The van der Waals surface area contributed by atoms with E-state index in [0.717, 1.165) is 37.7 Å². The molecule has 8 atom stereocenters. The number of rotatable bonds is 1. The lowest BCUT2D eigenvalue weighted by Crippen LogP contribution is -2.63. The number of hydrogen-bond donors (Lipinski definition) is 0. The summed E-state index contributed by atoms with van der Waals surface area (Å²) >= 11 is 0. The van der Waals surface area contributed by atoms with Gasteiger partial charge < -0.3 is 14.2 Å². The van der Waals surface area contributed by atoms with Gasteiger partial charge in [-0.2, -0.15) is 0 Å². The zero-order chi connectivity index (χ0) is 21.1. The fourth-order valence-electron chi connectivity index (χ4n) is 8.69. The first-order valence-corrected chi connectivity index (χ1v) is 11.4. The van der Waals surface area contributed by atoms with Crippen molar-refractivity contribution in [1.82, 2.24) is 0 Å². The van der Waals surface area contributed by atoms with Gasteiger partial charge in [0.2, 0.25) is 0 Å². The number of carbonyl (C=O) groups is 3. The average molecular weight is 414 g/mol. The lowest BCUT2D eigenvalue weighted by molar-refractivity contribution is -0.172. The summed E-state index contributed by atoms with van der Waals surface area (Å²) in [7, 11) is 1.45. The first-order valence-electron chi connectivity index (χ1n) is 11.4. The summed E-state index contributed by atoms with van der Waals surface area (Å²) in [5.74, 6) is -0.201. The van der Waals surface area contributed by atoms with E-state index >= 15 is 0 Å². The minimum Gasteiger partial charge on any atom is -0.469 e. The summed E-state index contributed by atoms with van der Waals surface area (Å²) in [4.78, 5) is 37.4. The second-order valence-electron chi connectivity index (χ2n) is 11.0. The molecule has 4 aliphatic carbocycles. The van der Waals surface area contributed by atoms with Crippen LogP contribution in [0.5, 0.6) is 0 Å². The Hall–Kier alpha value is -1.69. The van der Waals surface area contributed by atoms with Crippen LogP contribution in [-0.2, 0) is 28.6 Å². The zero-order valence-electron chi connectivity index (χ0n) is 18.0. The Kier molecular flexibility index (Phi) is 3.53. The molecule has 6 nitrogen and oxygen atoms in total. The van der Waals surface area contributed by atoms with Gasteiger partial charge in [0, 0.05) is 29.6 Å². The van der Waals surface area contributed by atoms with Crippen LogP contribution in [-0.4, -0.2) is 42.1 Å². The molecule has 0 aromatic heterocycles. The molecule has 6 heteroatoms. The Morgan fingerprint density at radius 1 is 1.17 bits per heavy atom. The molecule has 2 heterocycles. The molecule has 6 aliphatic rings. The molecule has 5 fully saturated rings. The van der Waals surface area contributed by atoms with Gasteiger partial charge >= 0.3 is 11.9 Å². The van der Waals surface area contributed by atoms with Crippen molar-refractivity contribution in [2.75, 3.05) is 7.11 Å². The normalized spacial score (nSPS) is 53.2. The van der Waals surface area contributed by atoms with Gasteiger partial charge in [-0.05, 0) is 50.5 Å². The molecule has 162 valence electrons. The third-order valence-corrected chi connectivity index (χ3v) is 10.2. The largest absolute Gasteiger partial charge is 0.469 e. The molecule has 0 radical (unpaired) electrons. The summed E-state index contributed by atoms with van der Waals surface area (Å²) in [5, 5.41) is 0. The monoisotopic (exact) mass is 414 g/mol. The summed E-state index contributed by atoms with van der Waals surface area (Å²) in [6.45, 7) is 4.51. The number of ether oxygens (including phenoxy) is 3. The molecule has 0 aromatic rings. The van der Waals surface area contributed by atoms with Gasteiger partial charge in [-0.1, -0.05) is 19.4 Å². The highest BCUT2D eigenvalue weighted by Gasteiger charge is 2.83. The van der Waals surface area contributed by atoms with Crippen LogP contribution in [0.3, 0.4) is 0 Å². The predicted octanol–water partition coefficient (Wildman–Crippen LogP) is 3.12. The van der Waals surface area contributed by atoms with Crippen molar-refractivity contribution in [2.45, 2.75) is 82.5 Å². The number of fused-ring (bicyclic) bond motifs is 4. The number of methoxy groups -OCH3 is 1. The molecule has 0 unspecified atom stereocenters. The van der Waals surface area contributed by atoms with E-state index in [1.54, 1.807) is 6.08 Å². The summed E-state index contributed by atoms with van der Waals surface area (Å²) in [5.41, 5.74) is -0.175. The lowest BCUT2D eigenvalue weighted by Gasteiger charge is -2.58. The SMILES string of the molecule is COC(=O)[C@@H]1CC2=CC(=O)CC[C@]2(C)[C@@]23O[C@@H]2C[C@@]2(C)[C@@H](CC[C@@]24CCC(=O)O4)[C@@H]13. The number of epoxide rings is 1. The highest BCUT2D eigenvalue weighted by atomic mass is 16.6. The lowest BCUT2D eigenvalue weighted by atomic mass is 9.43. The topological polar surface area (TPSA) is 82.2 Å². The van der Waals surface area contributed by atoms with Gasteiger partial charge in [-0.15, -0.1) is 0 Å². The highest BCUT2D eigenvalue weighted by molar-refractivity contribution is 5.92. The maximum absolute atomic E-state index is 13.0. The van der Waals surface area contributed by atoms with Crippen LogP contribution in [0.1, 0.15) is 65.2 Å². The number of carbonyl (C=O) groups excluding carboxylic acids is 3. The van der Waals surface area contributed by atoms with Gasteiger partial charge in [0.05, 0.1) is 19.1 Å². The van der Waals surface area contributed by atoms with Crippen LogP contribution in [0.4, 0.5) is 0 Å². The van der Waals surface area contributed by atoms with Crippen LogP contribution >= 0.6 is 0 Å². The van der Waals surface area contributed by atoms with Crippen molar-refractivity contribution in [2.24, 2.45) is 28.6 Å². The maximum Gasteiger partial charge on any atom is 0.309 e. The number of esters is 2. The van der Waals surface area contributed by atoms with Gasteiger partial charge in [-0.25, -0.2) is 0 Å². The van der Waals surface area contributed by atoms with Crippen LogP contribution in [0, 0.1) is 28.6 Å². The number of hydrogen-bond acceptors (Lipinski definition) is 6. The Morgan fingerprint density at radius 2 is 1.97 bits per heavy atom. The van der Waals surface area contributed by atoms with Gasteiger partial charge in [0.1, 0.15) is 11.2 Å². The van der Waals surface area contributed by atoms with Gasteiger partial charge in [0.15, 0.2) is 5.78 Å². The Balaban J connectivity index is 1.49. The third-order valence-electron chi connectivity index (χ3n) is 10.2. The quantitative estimate of drug-likeness (QED) is 0.484. The molecule has 6 rings (SSSR count). The minimum absolute atomic E-state index is 0.0303. The summed E-state index contributed by atoms with van der Waals surface area (Å²) < 4.78 is 17.9. The minimum atomic E-state index is -0.424. The van der Waals surface area contributed by atoms with Crippen LogP contribution < -0.4 is 0 Å². The first kappa shape index (κ1) is 19.0. The van der Waals surface area contributed by atoms with Crippen molar-refractivity contribution < 1.29 is 28.6 Å². The molecule has 2 spiro atoms. The second kappa shape index (κ2) is 5.56. The van der Waals surface area contributed by atoms with Crippen molar-refractivity contribution in [1.29, 1.82) is 0 Å².